The fraction of sp³-hybridized carbons (Fsp3) is 1.00. The highest BCUT2D eigenvalue weighted by Gasteiger charge is 2.34. The minimum absolute atomic E-state index is 0.492. The number of fused-ring (bicyclic) bond motifs is 1. The maximum atomic E-state index is 10.9. The van der Waals surface area contributed by atoms with Gasteiger partial charge in [-0.05, 0) is 0 Å². The van der Waals surface area contributed by atoms with Gasteiger partial charge in [0, 0.05) is 41.1 Å². The smallest absolute Gasteiger partial charge is 0.0460 e. The summed E-state index contributed by atoms with van der Waals surface area (Å²) in [6.07, 6.45) is 0. The normalized spacial score (nSPS) is 49.6. The molecule has 0 aromatic heterocycles. The Morgan fingerprint density at radius 1 is 1.22 bits per heavy atom. The van der Waals surface area contributed by atoms with E-state index in [0.717, 1.165) is 18.2 Å². The van der Waals surface area contributed by atoms with Crippen LogP contribution in [0.1, 0.15) is 0 Å². The molecular formula is C5H10N2OS. The molecule has 2 N–H and O–H groups in total. The van der Waals surface area contributed by atoms with Gasteiger partial charge < -0.3 is 0 Å². The van der Waals surface area contributed by atoms with Gasteiger partial charge in [-0.1, -0.05) is 0 Å². The zero-order valence-corrected chi connectivity index (χ0v) is 5.91. The molecule has 2 saturated heterocycles. The van der Waals surface area contributed by atoms with Crippen molar-refractivity contribution in [3.8, 4) is 0 Å². The second-order valence-electron chi connectivity index (χ2n) is 2.57. The highest BCUT2D eigenvalue weighted by molar-refractivity contribution is 7.85. The van der Waals surface area contributed by atoms with Crippen molar-refractivity contribution in [1.82, 2.24) is 10.6 Å². The fourth-order valence-electron chi connectivity index (χ4n) is 1.42. The van der Waals surface area contributed by atoms with Crippen LogP contribution < -0.4 is 10.6 Å². The molecule has 0 radical (unpaired) electrons. The first kappa shape index (κ1) is 5.82. The Morgan fingerprint density at radius 3 is 2.33 bits per heavy atom. The summed E-state index contributed by atoms with van der Waals surface area (Å²) in [5, 5.41) is 6.49. The monoisotopic (exact) mass is 146 g/mol. The van der Waals surface area contributed by atoms with E-state index in [2.05, 4.69) is 10.6 Å². The largest absolute Gasteiger partial charge is 0.299 e. The van der Waals surface area contributed by atoms with Crippen molar-refractivity contribution in [2.24, 2.45) is 0 Å². The van der Waals surface area contributed by atoms with Gasteiger partial charge in [0.1, 0.15) is 0 Å². The van der Waals surface area contributed by atoms with Gasteiger partial charge in [0.2, 0.25) is 0 Å². The van der Waals surface area contributed by atoms with Crippen LogP contribution in [0.4, 0.5) is 0 Å². The Kier molecular flexibility index (Phi) is 1.32. The lowest BCUT2D eigenvalue weighted by atomic mass is 10.2. The van der Waals surface area contributed by atoms with Gasteiger partial charge in [0.05, 0.1) is 0 Å². The summed E-state index contributed by atoms with van der Waals surface area (Å²) in [5.41, 5.74) is 0. The molecule has 3 nitrogen and oxygen atoms in total. The summed E-state index contributed by atoms with van der Waals surface area (Å²) in [6, 6.07) is 0.983. The molecule has 9 heavy (non-hydrogen) atoms. The molecule has 4 heteroatoms. The maximum Gasteiger partial charge on any atom is 0.0460 e. The zero-order valence-electron chi connectivity index (χ0n) is 5.09. The van der Waals surface area contributed by atoms with Gasteiger partial charge in [-0.3, -0.25) is 14.8 Å². The highest BCUT2D eigenvalue weighted by atomic mass is 32.2. The van der Waals surface area contributed by atoms with Gasteiger partial charge in [0.25, 0.3) is 0 Å². The predicted molar refractivity (Wildman–Crippen MR) is 36.6 cm³/mol. The third kappa shape index (κ3) is 0.911. The van der Waals surface area contributed by atoms with Crippen molar-refractivity contribution in [2.45, 2.75) is 12.1 Å². The van der Waals surface area contributed by atoms with Crippen LogP contribution in [0.25, 0.3) is 0 Å². The Morgan fingerprint density at radius 2 is 1.78 bits per heavy atom. The lowest BCUT2D eigenvalue weighted by molar-refractivity contribution is 0.620. The van der Waals surface area contributed by atoms with Crippen LogP contribution in [0.15, 0.2) is 0 Å². The number of rotatable bonds is 0. The Balaban J connectivity index is 2.09. The Hall–Kier alpha value is 0.0700. The third-order valence-electron chi connectivity index (χ3n) is 1.95. The summed E-state index contributed by atoms with van der Waals surface area (Å²) < 4.78 is 10.9. The van der Waals surface area contributed by atoms with Crippen molar-refractivity contribution in [1.29, 1.82) is 0 Å². The first-order valence-electron chi connectivity index (χ1n) is 3.18. The molecule has 2 fully saturated rings. The molecule has 2 rings (SSSR count). The first-order chi connectivity index (χ1) is 4.36. The van der Waals surface area contributed by atoms with Crippen molar-refractivity contribution in [3.63, 3.8) is 0 Å². The van der Waals surface area contributed by atoms with E-state index in [0.29, 0.717) is 12.1 Å². The van der Waals surface area contributed by atoms with Crippen LogP contribution in [0, 0.1) is 0 Å². The molecule has 0 spiro atoms. The second-order valence-corrected chi connectivity index (χ2v) is 4.12. The second kappa shape index (κ2) is 2.04. The fourth-order valence-corrected chi connectivity index (χ4v) is 3.06. The van der Waals surface area contributed by atoms with Gasteiger partial charge in [-0.2, -0.15) is 0 Å². The third-order valence-corrected chi connectivity index (χ3v) is 3.41. The molecule has 2 aliphatic rings. The molecule has 0 aromatic rings. The lowest BCUT2D eigenvalue weighted by Crippen LogP contribution is -2.31. The zero-order chi connectivity index (χ0) is 6.27. The number of nitrogens with one attached hydrogen (secondary N) is 2. The molecule has 0 aromatic carbocycles. The lowest BCUT2D eigenvalue weighted by Gasteiger charge is -2.03. The number of hydrogen-bond donors (Lipinski definition) is 2. The molecule has 2 aliphatic heterocycles. The summed E-state index contributed by atoms with van der Waals surface area (Å²) in [7, 11) is -0.557. The average Bonchev–Trinajstić information content (AvgIpc) is 2.22. The first-order valence-corrected chi connectivity index (χ1v) is 4.67. The van der Waals surface area contributed by atoms with Crippen molar-refractivity contribution in [2.75, 3.05) is 18.2 Å². The predicted octanol–water partition coefficient (Wildman–Crippen LogP) is -1.36. The molecule has 52 valence electrons. The minimum atomic E-state index is -0.557. The summed E-state index contributed by atoms with van der Waals surface area (Å²) in [6.45, 7) is 0.895. The molecule has 0 saturated carbocycles. The average molecular weight is 146 g/mol. The van der Waals surface area contributed by atoms with Crippen LogP contribution in [0.3, 0.4) is 0 Å². The molecule has 2 heterocycles. The summed E-state index contributed by atoms with van der Waals surface area (Å²) in [4.78, 5) is 0. The Bertz CT molecular complexity index is 136. The standard InChI is InChI=1S/C5H10N2OS/c8-9-1-4-5(2-9)7-3-6-4/h4-7H,1-3H2. The number of hydrogen-bond acceptors (Lipinski definition) is 3. The molecule has 0 bridgehead atoms. The van der Waals surface area contributed by atoms with Crippen LogP contribution in [-0.4, -0.2) is 34.5 Å². The van der Waals surface area contributed by atoms with E-state index in [9.17, 15) is 4.21 Å². The van der Waals surface area contributed by atoms with Crippen LogP contribution in [0.5, 0.6) is 0 Å². The van der Waals surface area contributed by atoms with E-state index in [1.54, 1.807) is 0 Å². The maximum absolute atomic E-state index is 10.9. The van der Waals surface area contributed by atoms with Crippen molar-refractivity contribution < 1.29 is 4.21 Å². The molecule has 2 unspecified atom stereocenters. The SMILES string of the molecule is O=S1CC2NCNC2C1. The molecule has 0 aliphatic carbocycles. The molecular weight excluding hydrogens is 136 g/mol. The van der Waals surface area contributed by atoms with Gasteiger partial charge >= 0.3 is 0 Å². The Labute approximate surface area is 56.7 Å². The van der Waals surface area contributed by atoms with E-state index in [-0.39, 0.29) is 0 Å². The summed E-state index contributed by atoms with van der Waals surface area (Å²) in [5.74, 6) is 1.69. The van der Waals surface area contributed by atoms with Gasteiger partial charge in [0.15, 0.2) is 0 Å². The quantitative estimate of drug-likeness (QED) is 0.443. The van der Waals surface area contributed by atoms with E-state index in [1.807, 2.05) is 0 Å². The topological polar surface area (TPSA) is 41.1 Å². The van der Waals surface area contributed by atoms with Gasteiger partial charge in [-0.25, -0.2) is 0 Å². The van der Waals surface area contributed by atoms with Crippen molar-refractivity contribution in [3.05, 3.63) is 0 Å². The van der Waals surface area contributed by atoms with E-state index < -0.39 is 10.8 Å². The van der Waals surface area contributed by atoms with Crippen LogP contribution in [-0.2, 0) is 10.8 Å². The van der Waals surface area contributed by atoms with E-state index in [4.69, 9.17) is 0 Å². The van der Waals surface area contributed by atoms with Crippen LogP contribution >= 0.6 is 0 Å². The van der Waals surface area contributed by atoms with E-state index >= 15 is 0 Å². The molecule has 2 atom stereocenters. The van der Waals surface area contributed by atoms with Gasteiger partial charge in [-0.15, -0.1) is 0 Å². The highest BCUT2D eigenvalue weighted by Crippen LogP contribution is 2.11. The summed E-state index contributed by atoms with van der Waals surface area (Å²) >= 11 is 0. The molecule has 0 amide bonds. The van der Waals surface area contributed by atoms with Crippen molar-refractivity contribution >= 4 is 10.8 Å². The van der Waals surface area contributed by atoms with E-state index in [1.165, 1.54) is 0 Å². The minimum Gasteiger partial charge on any atom is -0.299 e. The van der Waals surface area contributed by atoms with Crippen LogP contribution in [0.2, 0.25) is 0 Å².